The molecule has 0 unspecified atom stereocenters. The van der Waals surface area contributed by atoms with Crippen LogP contribution >= 0.6 is 0 Å². The number of imidazole rings is 1. The van der Waals surface area contributed by atoms with Crippen LogP contribution in [0.1, 0.15) is 58.3 Å². The third-order valence-corrected chi connectivity index (χ3v) is 4.43. The number of ether oxygens (including phenoxy) is 1. The number of piperidine rings is 1. The van der Waals surface area contributed by atoms with E-state index in [0.717, 1.165) is 37.6 Å². The number of nitrogen functional groups attached to an aromatic ring is 1. The lowest BCUT2D eigenvalue weighted by molar-refractivity contribution is 0.232. The van der Waals surface area contributed by atoms with Gasteiger partial charge in [0, 0.05) is 43.5 Å². The highest BCUT2D eigenvalue weighted by Gasteiger charge is 2.26. The molecule has 2 N–H and O–H groups in total. The summed E-state index contributed by atoms with van der Waals surface area (Å²) >= 11 is 0. The number of anilines is 2. The van der Waals surface area contributed by atoms with Crippen molar-refractivity contribution in [3.63, 3.8) is 0 Å². The van der Waals surface area contributed by atoms with Crippen molar-refractivity contribution in [3.8, 4) is 5.88 Å². The molecule has 0 radical (unpaired) electrons. The van der Waals surface area contributed by atoms with Gasteiger partial charge < -0.3 is 19.9 Å². The molecule has 0 amide bonds. The van der Waals surface area contributed by atoms with Crippen molar-refractivity contribution >= 4 is 11.8 Å². The Kier molecular flexibility index (Phi) is 5.11. The monoisotopic (exact) mass is 344 g/mol. The van der Waals surface area contributed by atoms with Gasteiger partial charge in [-0.05, 0) is 40.5 Å². The third kappa shape index (κ3) is 4.03. The molecule has 3 heterocycles. The van der Waals surface area contributed by atoms with E-state index >= 15 is 0 Å². The van der Waals surface area contributed by atoms with Gasteiger partial charge in [0.1, 0.15) is 11.6 Å². The molecule has 7 heteroatoms. The van der Waals surface area contributed by atoms with E-state index < -0.39 is 0 Å². The first-order valence-corrected chi connectivity index (χ1v) is 9.03. The normalized spacial score (nSPS) is 18.2. The number of rotatable bonds is 5. The third-order valence-electron chi connectivity index (χ3n) is 4.43. The Bertz CT molecular complexity index is 711. The van der Waals surface area contributed by atoms with Gasteiger partial charge in [0.15, 0.2) is 0 Å². The summed E-state index contributed by atoms with van der Waals surface area (Å²) < 4.78 is 7.96. The van der Waals surface area contributed by atoms with Crippen LogP contribution in [0.15, 0.2) is 18.5 Å². The van der Waals surface area contributed by atoms with Crippen LogP contribution in [-0.4, -0.2) is 38.7 Å². The van der Waals surface area contributed by atoms with Crippen LogP contribution in [0.5, 0.6) is 5.88 Å². The highest BCUT2D eigenvalue weighted by molar-refractivity contribution is 5.46. The summed E-state index contributed by atoms with van der Waals surface area (Å²) in [6, 6.07) is 2.29. The predicted octanol–water partition coefficient (Wildman–Crippen LogP) is 3.01. The molecule has 1 saturated heterocycles. The zero-order valence-electron chi connectivity index (χ0n) is 15.5. The molecule has 3 rings (SSSR count). The van der Waals surface area contributed by atoms with E-state index in [-0.39, 0.29) is 12.1 Å². The second-order valence-corrected chi connectivity index (χ2v) is 7.16. The topological polar surface area (TPSA) is 82.1 Å². The fourth-order valence-corrected chi connectivity index (χ4v) is 3.37. The van der Waals surface area contributed by atoms with Crippen LogP contribution < -0.4 is 15.4 Å². The lowest BCUT2D eigenvalue weighted by atomic mass is 9.97. The van der Waals surface area contributed by atoms with Crippen LogP contribution in [0.4, 0.5) is 11.8 Å². The zero-order chi connectivity index (χ0) is 18.0. The number of hydrogen-bond donors (Lipinski definition) is 1. The molecule has 0 saturated carbocycles. The SMILES string of the molecule is CC(C)Oc1cc(N2CCC[C@H](c3nccn3C(C)C)C2)nc(N)n1. The van der Waals surface area contributed by atoms with Gasteiger partial charge in [-0.25, -0.2) is 4.98 Å². The van der Waals surface area contributed by atoms with Gasteiger partial charge in [-0.2, -0.15) is 9.97 Å². The molecule has 0 aliphatic carbocycles. The maximum absolute atomic E-state index is 5.89. The molecule has 1 fully saturated rings. The van der Waals surface area contributed by atoms with E-state index in [1.807, 2.05) is 26.1 Å². The smallest absolute Gasteiger partial charge is 0.225 e. The van der Waals surface area contributed by atoms with Crippen LogP contribution in [0.3, 0.4) is 0 Å². The summed E-state index contributed by atoms with van der Waals surface area (Å²) in [6.45, 7) is 10.2. The van der Waals surface area contributed by atoms with E-state index in [1.54, 1.807) is 0 Å². The molecular formula is C18H28N6O. The Labute approximate surface area is 149 Å². The van der Waals surface area contributed by atoms with Crippen LogP contribution in [0.2, 0.25) is 0 Å². The van der Waals surface area contributed by atoms with E-state index in [9.17, 15) is 0 Å². The summed E-state index contributed by atoms with van der Waals surface area (Å²) in [5.74, 6) is 3.15. The van der Waals surface area contributed by atoms with Gasteiger partial charge in [0.2, 0.25) is 11.8 Å². The summed E-state index contributed by atoms with van der Waals surface area (Å²) in [6.07, 6.45) is 6.24. The van der Waals surface area contributed by atoms with Crippen LogP contribution in [0.25, 0.3) is 0 Å². The van der Waals surface area contributed by atoms with E-state index in [2.05, 4.69) is 44.5 Å². The van der Waals surface area contributed by atoms with Gasteiger partial charge >= 0.3 is 0 Å². The summed E-state index contributed by atoms with van der Waals surface area (Å²) in [5.41, 5.74) is 5.89. The number of hydrogen-bond acceptors (Lipinski definition) is 6. The fourth-order valence-electron chi connectivity index (χ4n) is 3.37. The minimum absolute atomic E-state index is 0.0507. The lowest BCUT2D eigenvalue weighted by Crippen LogP contribution is -2.36. The van der Waals surface area contributed by atoms with Gasteiger partial charge in [0.05, 0.1) is 6.10 Å². The molecular weight excluding hydrogens is 316 g/mol. The van der Waals surface area contributed by atoms with E-state index in [4.69, 9.17) is 10.5 Å². The second kappa shape index (κ2) is 7.29. The Morgan fingerprint density at radius 1 is 1.24 bits per heavy atom. The quantitative estimate of drug-likeness (QED) is 0.898. The summed E-state index contributed by atoms with van der Waals surface area (Å²) in [4.78, 5) is 15.5. The van der Waals surface area contributed by atoms with E-state index in [0.29, 0.717) is 17.8 Å². The zero-order valence-corrected chi connectivity index (χ0v) is 15.5. The molecule has 0 spiro atoms. The largest absolute Gasteiger partial charge is 0.475 e. The molecule has 1 aliphatic rings. The highest BCUT2D eigenvalue weighted by atomic mass is 16.5. The lowest BCUT2D eigenvalue weighted by Gasteiger charge is -2.34. The molecule has 0 bridgehead atoms. The van der Waals surface area contributed by atoms with E-state index in [1.165, 1.54) is 0 Å². The molecule has 2 aromatic rings. The van der Waals surface area contributed by atoms with Crippen molar-refractivity contribution in [2.75, 3.05) is 23.7 Å². The van der Waals surface area contributed by atoms with Crippen molar-refractivity contribution in [1.82, 2.24) is 19.5 Å². The van der Waals surface area contributed by atoms with Crippen molar-refractivity contribution in [2.24, 2.45) is 0 Å². The van der Waals surface area contributed by atoms with Gasteiger partial charge in [-0.3, -0.25) is 0 Å². The average molecular weight is 344 g/mol. The van der Waals surface area contributed by atoms with Crippen molar-refractivity contribution in [1.29, 1.82) is 0 Å². The maximum Gasteiger partial charge on any atom is 0.225 e. The van der Waals surface area contributed by atoms with Gasteiger partial charge in [-0.15, -0.1) is 0 Å². The first kappa shape index (κ1) is 17.5. The van der Waals surface area contributed by atoms with Crippen molar-refractivity contribution in [2.45, 2.75) is 58.6 Å². The van der Waals surface area contributed by atoms with Crippen molar-refractivity contribution < 1.29 is 4.74 Å². The molecule has 0 aromatic carbocycles. The molecule has 1 aliphatic heterocycles. The fraction of sp³-hybridized carbons (Fsp3) is 0.611. The minimum Gasteiger partial charge on any atom is -0.475 e. The maximum atomic E-state index is 5.89. The minimum atomic E-state index is 0.0507. The Hall–Kier alpha value is -2.31. The number of aromatic nitrogens is 4. The second-order valence-electron chi connectivity index (χ2n) is 7.16. The Morgan fingerprint density at radius 3 is 2.76 bits per heavy atom. The summed E-state index contributed by atoms with van der Waals surface area (Å²) in [7, 11) is 0. The number of nitrogens with zero attached hydrogens (tertiary/aromatic N) is 5. The standard InChI is InChI=1S/C18H28N6O/c1-12(2)24-9-7-20-17(24)14-6-5-8-23(11-14)15-10-16(25-13(3)4)22-18(19)21-15/h7,9-10,12-14H,5-6,8,11H2,1-4H3,(H2,19,21,22)/t14-/m0/s1. The molecule has 7 nitrogen and oxygen atoms in total. The average Bonchev–Trinajstić information content (AvgIpc) is 3.03. The first-order valence-electron chi connectivity index (χ1n) is 9.03. The highest BCUT2D eigenvalue weighted by Crippen LogP contribution is 2.30. The predicted molar refractivity (Wildman–Crippen MR) is 99.0 cm³/mol. The summed E-state index contributed by atoms with van der Waals surface area (Å²) in [5, 5.41) is 0. The van der Waals surface area contributed by atoms with Gasteiger partial charge in [0.25, 0.3) is 0 Å². The Morgan fingerprint density at radius 2 is 2.04 bits per heavy atom. The number of nitrogens with two attached hydrogens (primary N) is 1. The molecule has 25 heavy (non-hydrogen) atoms. The van der Waals surface area contributed by atoms with Crippen LogP contribution in [0, 0.1) is 0 Å². The first-order chi connectivity index (χ1) is 11.9. The molecule has 136 valence electrons. The van der Waals surface area contributed by atoms with Gasteiger partial charge in [-0.1, -0.05) is 0 Å². The van der Waals surface area contributed by atoms with Crippen molar-refractivity contribution in [3.05, 3.63) is 24.3 Å². The van der Waals surface area contributed by atoms with Crippen LogP contribution in [-0.2, 0) is 0 Å². The Balaban J connectivity index is 1.81. The molecule has 2 aromatic heterocycles. The molecule has 1 atom stereocenters.